The Bertz CT molecular complexity index is 671. The van der Waals surface area contributed by atoms with E-state index in [-0.39, 0.29) is 0 Å². The quantitative estimate of drug-likeness (QED) is 0.770. The maximum atomic E-state index is 11.6. The SMILES string of the molecule is NC(c1ccccc1)C(O)(c1ccccc1)c1ccccc1. The second-order valence-corrected chi connectivity index (χ2v) is 5.39. The van der Waals surface area contributed by atoms with E-state index in [0.717, 1.165) is 16.7 Å². The third kappa shape index (κ3) is 2.54. The third-order valence-electron chi connectivity index (χ3n) is 4.04. The summed E-state index contributed by atoms with van der Waals surface area (Å²) in [5.74, 6) is 0. The van der Waals surface area contributed by atoms with Gasteiger partial charge in [0.1, 0.15) is 5.60 Å². The largest absolute Gasteiger partial charge is 0.378 e. The monoisotopic (exact) mass is 289 g/mol. The molecule has 0 aliphatic rings. The molecule has 0 aliphatic carbocycles. The highest BCUT2D eigenvalue weighted by Crippen LogP contribution is 2.39. The fourth-order valence-corrected chi connectivity index (χ4v) is 2.81. The molecule has 3 aromatic rings. The molecule has 2 heteroatoms. The van der Waals surface area contributed by atoms with Crippen molar-refractivity contribution in [2.24, 2.45) is 5.73 Å². The summed E-state index contributed by atoms with van der Waals surface area (Å²) in [6.07, 6.45) is 0. The number of rotatable bonds is 4. The molecule has 3 rings (SSSR count). The van der Waals surface area contributed by atoms with Crippen molar-refractivity contribution >= 4 is 0 Å². The molecule has 0 aliphatic heterocycles. The van der Waals surface area contributed by atoms with E-state index in [1.165, 1.54) is 0 Å². The van der Waals surface area contributed by atoms with E-state index in [9.17, 15) is 5.11 Å². The minimum atomic E-state index is -1.27. The molecule has 0 radical (unpaired) electrons. The van der Waals surface area contributed by atoms with Crippen molar-refractivity contribution in [2.45, 2.75) is 11.6 Å². The number of hydrogen-bond acceptors (Lipinski definition) is 2. The second-order valence-electron chi connectivity index (χ2n) is 5.39. The first-order chi connectivity index (χ1) is 10.7. The van der Waals surface area contributed by atoms with Gasteiger partial charge in [0.05, 0.1) is 6.04 Å². The number of benzene rings is 3. The standard InChI is InChI=1S/C20H19NO/c21-19(16-10-4-1-5-11-16)20(22,17-12-6-2-7-13-17)18-14-8-3-9-15-18/h1-15,19,22H,21H2. The van der Waals surface area contributed by atoms with Gasteiger partial charge >= 0.3 is 0 Å². The first-order valence-electron chi connectivity index (χ1n) is 7.37. The highest BCUT2D eigenvalue weighted by molar-refractivity contribution is 5.41. The van der Waals surface area contributed by atoms with E-state index in [2.05, 4.69) is 0 Å². The molecule has 3 N–H and O–H groups in total. The summed E-state index contributed by atoms with van der Waals surface area (Å²) in [6, 6.07) is 28.3. The minimum Gasteiger partial charge on any atom is -0.378 e. The lowest BCUT2D eigenvalue weighted by atomic mass is 9.78. The van der Waals surface area contributed by atoms with Crippen LogP contribution in [0.4, 0.5) is 0 Å². The van der Waals surface area contributed by atoms with E-state index in [1.807, 2.05) is 91.0 Å². The predicted octanol–water partition coefficient (Wildman–Crippen LogP) is 3.62. The average molecular weight is 289 g/mol. The first kappa shape index (κ1) is 14.5. The van der Waals surface area contributed by atoms with Crippen molar-refractivity contribution in [1.82, 2.24) is 0 Å². The Kier molecular flexibility index (Phi) is 4.05. The maximum absolute atomic E-state index is 11.6. The maximum Gasteiger partial charge on any atom is 0.134 e. The van der Waals surface area contributed by atoms with Gasteiger partial charge < -0.3 is 10.8 Å². The van der Waals surface area contributed by atoms with Gasteiger partial charge in [-0.15, -0.1) is 0 Å². The molecule has 0 heterocycles. The van der Waals surface area contributed by atoms with Gasteiger partial charge in [0.25, 0.3) is 0 Å². The highest BCUT2D eigenvalue weighted by Gasteiger charge is 2.38. The summed E-state index contributed by atoms with van der Waals surface area (Å²) in [6.45, 7) is 0. The normalized spacial score (nSPS) is 12.8. The summed E-state index contributed by atoms with van der Waals surface area (Å²) in [5.41, 5.74) is 7.69. The topological polar surface area (TPSA) is 46.2 Å². The van der Waals surface area contributed by atoms with Gasteiger partial charge in [-0.25, -0.2) is 0 Å². The molecule has 2 nitrogen and oxygen atoms in total. The lowest BCUT2D eigenvalue weighted by Gasteiger charge is -2.35. The summed E-state index contributed by atoms with van der Waals surface area (Å²) < 4.78 is 0. The van der Waals surface area contributed by atoms with Crippen LogP contribution in [0.25, 0.3) is 0 Å². The van der Waals surface area contributed by atoms with Crippen molar-refractivity contribution in [1.29, 1.82) is 0 Å². The zero-order valence-corrected chi connectivity index (χ0v) is 12.3. The molecule has 0 spiro atoms. The smallest absolute Gasteiger partial charge is 0.134 e. The Morgan fingerprint density at radius 3 is 1.41 bits per heavy atom. The Morgan fingerprint density at radius 1 is 0.636 bits per heavy atom. The number of aliphatic hydroxyl groups is 1. The molecule has 22 heavy (non-hydrogen) atoms. The Labute approximate surface area is 130 Å². The third-order valence-corrected chi connectivity index (χ3v) is 4.04. The zero-order chi connectivity index (χ0) is 15.4. The number of hydrogen-bond donors (Lipinski definition) is 2. The number of nitrogens with two attached hydrogens (primary N) is 1. The molecule has 0 bridgehead atoms. The molecule has 0 aromatic heterocycles. The van der Waals surface area contributed by atoms with Crippen LogP contribution in [0.3, 0.4) is 0 Å². The average Bonchev–Trinajstić information content (AvgIpc) is 2.62. The van der Waals surface area contributed by atoms with Gasteiger partial charge in [-0.05, 0) is 16.7 Å². The van der Waals surface area contributed by atoms with Gasteiger partial charge in [-0.1, -0.05) is 91.0 Å². The Balaban J connectivity index is 2.16. The van der Waals surface area contributed by atoms with Crippen LogP contribution in [0.2, 0.25) is 0 Å². The van der Waals surface area contributed by atoms with E-state index < -0.39 is 11.6 Å². The molecule has 0 saturated heterocycles. The van der Waals surface area contributed by atoms with E-state index in [1.54, 1.807) is 0 Å². The fraction of sp³-hybridized carbons (Fsp3) is 0.100. The van der Waals surface area contributed by atoms with Crippen LogP contribution in [-0.4, -0.2) is 5.11 Å². The molecule has 1 unspecified atom stereocenters. The Morgan fingerprint density at radius 2 is 1.00 bits per heavy atom. The highest BCUT2D eigenvalue weighted by atomic mass is 16.3. The summed E-state index contributed by atoms with van der Waals surface area (Å²) in [4.78, 5) is 0. The molecule has 1 atom stereocenters. The molecular formula is C20H19NO. The molecule has 0 saturated carbocycles. The lowest BCUT2D eigenvalue weighted by molar-refractivity contribution is 0.0512. The first-order valence-corrected chi connectivity index (χ1v) is 7.37. The summed E-state index contributed by atoms with van der Waals surface area (Å²) in [5, 5.41) is 11.6. The molecule has 3 aromatic carbocycles. The van der Waals surface area contributed by atoms with Crippen molar-refractivity contribution in [3.8, 4) is 0 Å². The zero-order valence-electron chi connectivity index (χ0n) is 12.3. The molecular weight excluding hydrogens is 270 g/mol. The molecule has 0 fully saturated rings. The van der Waals surface area contributed by atoms with Gasteiger partial charge in [-0.2, -0.15) is 0 Å². The summed E-state index contributed by atoms with van der Waals surface area (Å²) in [7, 11) is 0. The van der Waals surface area contributed by atoms with E-state index >= 15 is 0 Å². The lowest BCUT2D eigenvalue weighted by Crippen LogP contribution is -2.39. The fourth-order valence-electron chi connectivity index (χ4n) is 2.81. The van der Waals surface area contributed by atoms with Crippen LogP contribution >= 0.6 is 0 Å². The van der Waals surface area contributed by atoms with Crippen LogP contribution in [0.1, 0.15) is 22.7 Å². The Hall–Kier alpha value is -2.42. The molecule has 0 amide bonds. The second kappa shape index (κ2) is 6.14. The van der Waals surface area contributed by atoms with E-state index in [4.69, 9.17) is 5.73 Å². The van der Waals surface area contributed by atoms with Crippen LogP contribution in [0, 0.1) is 0 Å². The van der Waals surface area contributed by atoms with Crippen molar-refractivity contribution in [3.63, 3.8) is 0 Å². The minimum absolute atomic E-state index is 0.557. The van der Waals surface area contributed by atoms with Gasteiger partial charge in [0.2, 0.25) is 0 Å². The van der Waals surface area contributed by atoms with Crippen LogP contribution in [0.5, 0.6) is 0 Å². The summed E-state index contributed by atoms with van der Waals surface area (Å²) >= 11 is 0. The van der Waals surface area contributed by atoms with Crippen molar-refractivity contribution in [3.05, 3.63) is 108 Å². The van der Waals surface area contributed by atoms with Crippen LogP contribution in [0.15, 0.2) is 91.0 Å². The predicted molar refractivity (Wildman–Crippen MR) is 89.3 cm³/mol. The van der Waals surface area contributed by atoms with Gasteiger partial charge in [0, 0.05) is 0 Å². The van der Waals surface area contributed by atoms with Crippen molar-refractivity contribution < 1.29 is 5.11 Å². The molecule has 110 valence electrons. The van der Waals surface area contributed by atoms with Crippen LogP contribution < -0.4 is 5.73 Å². The van der Waals surface area contributed by atoms with Crippen LogP contribution in [-0.2, 0) is 5.60 Å². The van der Waals surface area contributed by atoms with Crippen molar-refractivity contribution in [2.75, 3.05) is 0 Å². The van der Waals surface area contributed by atoms with Gasteiger partial charge in [-0.3, -0.25) is 0 Å². The van der Waals surface area contributed by atoms with Gasteiger partial charge in [0.15, 0.2) is 0 Å². The van der Waals surface area contributed by atoms with E-state index in [0.29, 0.717) is 0 Å².